The van der Waals surface area contributed by atoms with Crippen molar-refractivity contribution >= 4 is 29.1 Å². The zero-order valence-electron chi connectivity index (χ0n) is 18.9. The van der Waals surface area contributed by atoms with Gasteiger partial charge in [-0.05, 0) is 48.4 Å². The highest BCUT2D eigenvalue weighted by atomic mass is 35.5. The third-order valence-corrected chi connectivity index (χ3v) is 5.66. The number of aliphatic hydroxyl groups is 1. The fraction of sp³-hybridized carbons (Fsp3) is 0.333. The van der Waals surface area contributed by atoms with Gasteiger partial charge in [-0.2, -0.15) is 0 Å². The van der Waals surface area contributed by atoms with Crippen molar-refractivity contribution in [3.8, 4) is 17.2 Å². The summed E-state index contributed by atoms with van der Waals surface area (Å²) in [6.45, 7) is 0.652. The van der Waals surface area contributed by atoms with E-state index in [9.17, 15) is 14.7 Å². The molecule has 1 aliphatic rings. The first-order valence-corrected chi connectivity index (χ1v) is 10.6. The zero-order valence-corrected chi connectivity index (χ0v) is 19.6. The van der Waals surface area contributed by atoms with Gasteiger partial charge in [0, 0.05) is 30.8 Å². The molecule has 33 heavy (non-hydrogen) atoms. The summed E-state index contributed by atoms with van der Waals surface area (Å²) in [5.41, 5.74) is 0.859. The summed E-state index contributed by atoms with van der Waals surface area (Å²) in [5.74, 6) is -0.684. The normalized spacial score (nSPS) is 17.4. The number of nitrogens with zero attached hydrogens (tertiary/aromatic N) is 1. The number of amides is 1. The van der Waals surface area contributed by atoms with Crippen LogP contribution in [0.25, 0.3) is 5.76 Å². The predicted octanol–water partition coefficient (Wildman–Crippen LogP) is 3.82. The second-order valence-corrected chi connectivity index (χ2v) is 7.74. The molecule has 1 N–H and O–H groups in total. The van der Waals surface area contributed by atoms with Crippen LogP contribution in [0.2, 0.25) is 5.02 Å². The molecule has 0 radical (unpaired) electrons. The van der Waals surface area contributed by atoms with E-state index in [4.69, 9.17) is 30.5 Å². The fourth-order valence-electron chi connectivity index (χ4n) is 3.86. The molecule has 0 aliphatic carbocycles. The quantitative estimate of drug-likeness (QED) is 0.255. The molecule has 2 aromatic carbocycles. The fourth-order valence-corrected chi connectivity index (χ4v) is 3.98. The van der Waals surface area contributed by atoms with E-state index in [1.54, 1.807) is 43.5 Å². The summed E-state index contributed by atoms with van der Waals surface area (Å²) in [6, 6.07) is 8.82. The van der Waals surface area contributed by atoms with Crippen molar-refractivity contribution in [3.05, 3.63) is 58.1 Å². The van der Waals surface area contributed by atoms with Gasteiger partial charge in [0.05, 0.1) is 32.9 Å². The maximum Gasteiger partial charge on any atom is 0.295 e. The van der Waals surface area contributed by atoms with Gasteiger partial charge in [0.2, 0.25) is 5.75 Å². The van der Waals surface area contributed by atoms with Gasteiger partial charge in [-0.25, -0.2) is 0 Å². The van der Waals surface area contributed by atoms with Gasteiger partial charge < -0.3 is 29.0 Å². The Kier molecular flexibility index (Phi) is 7.84. The monoisotopic (exact) mass is 475 g/mol. The number of Topliss-reactive ketones (excluding diaryl/α,β-unsaturated/α-hetero) is 1. The van der Waals surface area contributed by atoms with Crippen molar-refractivity contribution in [1.82, 2.24) is 4.90 Å². The minimum absolute atomic E-state index is 0.0333. The van der Waals surface area contributed by atoms with Gasteiger partial charge >= 0.3 is 0 Å². The van der Waals surface area contributed by atoms with E-state index < -0.39 is 17.7 Å². The molecule has 1 saturated heterocycles. The molecular weight excluding hydrogens is 450 g/mol. The molecule has 1 atom stereocenters. The van der Waals surface area contributed by atoms with Crippen LogP contribution in [0.4, 0.5) is 0 Å². The highest BCUT2D eigenvalue weighted by molar-refractivity contribution is 6.46. The van der Waals surface area contributed by atoms with E-state index in [2.05, 4.69) is 0 Å². The number of halogens is 1. The third kappa shape index (κ3) is 4.77. The van der Waals surface area contributed by atoms with E-state index in [-0.39, 0.29) is 17.9 Å². The predicted molar refractivity (Wildman–Crippen MR) is 123 cm³/mol. The third-order valence-electron chi connectivity index (χ3n) is 5.41. The van der Waals surface area contributed by atoms with Crippen LogP contribution in [0, 0.1) is 0 Å². The number of aliphatic hydroxyl groups excluding tert-OH is 1. The number of carbonyl (C=O) groups is 2. The van der Waals surface area contributed by atoms with Crippen LogP contribution in [-0.4, -0.2) is 63.3 Å². The van der Waals surface area contributed by atoms with E-state index in [0.717, 1.165) is 0 Å². The number of ether oxygens (including phenoxy) is 4. The Morgan fingerprint density at radius 1 is 1.00 bits per heavy atom. The van der Waals surface area contributed by atoms with Crippen molar-refractivity contribution in [2.45, 2.75) is 12.5 Å². The number of likely N-dealkylation sites (tertiary alicyclic amines) is 1. The average Bonchev–Trinajstić information content (AvgIpc) is 3.08. The summed E-state index contributed by atoms with van der Waals surface area (Å²) < 4.78 is 21.4. The number of rotatable bonds is 9. The molecule has 0 bridgehead atoms. The molecule has 9 heteroatoms. The van der Waals surface area contributed by atoms with Gasteiger partial charge in [-0.15, -0.1) is 0 Å². The Hall–Kier alpha value is -3.23. The maximum atomic E-state index is 13.1. The van der Waals surface area contributed by atoms with E-state index in [1.165, 1.54) is 26.2 Å². The molecule has 0 unspecified atom stereocenters. The summed E-state index contributed by atoms with van der Waals surface area (Å²) in [5, 5.41) is 11.6. The van der Waals surface area contributed by atoms with Crippen LogP contribution in [0.15, 0.2) is 42.0 Å². The van der Waals surface area contributed by atoms with Crippen LogP contribution in [0.5, 0.6) is 17.2 Å². The standard InChI is InChI=1S/C24H26ClNO7/c1-30-11-5-10-26-20(15-12-17(31-2)23(33-4)18(13-15)32-3)19(22(28)24(26)29)21(27)14-6-8-16(25)9-7-14/h6-9,12-13,20,27H,5,10-11H2,1-4H3/b21-19+/t20-/m0/s1. The molecule has 0 aromatic heterocycles. The number of ketones is 1. The molecule has 3 rings (SSSR count). The lowest BCUT2D eigenvalue weighted by Gasteiger charge is -2.26. The Labute approximate surface area is 197 Å². The molecule has 1 amide bonds. The number of hydrogen-bond donors (Lipinski definition) is 1. The minimum Gasteiger partial charge on any atom is -0.507 e. The number of methoxy groups -OCH3 is 4. The second kappa shape index (κ2) is 10.6. The van der Waals surface area contributed by atoms with Gasteiger partial charge in [-0.1, -0.05) is 11.6 Å². The number of hydrogen-bond acceptors (Lipinski definition) is 7. The zero-order chi connectivity index (χ0) is 24.1. The highest BCUT2D eigenvalue weighted by Crippen LogP contribution is 2.45. The number of carbonyl (C=O) groups excluding carboxylic acids is 2. The molecule has 0 spiro atoms. The SMILES string of the molecule is COCCCN1C(=O)C(=O)/C(=C(/O)c2ccc(Cl)cc2)[C@@H]1c1cc(OC)c(OC)c(OC)c1. The molecular formula is C24H26ClNO7. The Bertz CT molecular complexity index is 1040. The lowest BCUT2D eigenvalue weighted by atomic mass is 9.94. The van der Waals surface area contributed by atoms with E-state index >= 15 is 0 Å². The molecule has 1 fully saturated rings. The van der Waals surface area contributed by atoms with Crippen molar-refractivity contribution in [1.29, 1.82) is 0 Å². The van der Waals surface area contributed by atoms with Gasteiger partial charge in [-0.3, -0.25) is 9.59 Å². The maximum absolute atomic E-state index is 13.1. The Morgan fingerprint density at radius 3 is 2.12 bits per heavy atom. The van der Waals surface area contributed by atoms with Crippen molar-refractivity contribution in [2.24, 2.45) is 0 Å². The van der Waals surface area contributed by atoms with Crippen LogP contribution < -0.4 is 14.2 Å². The molecule has 8 nitrogen and oxygen atoms in total. The van der Waals surface area contributed by atoms with Gasteiger partial charge in [0.1, 0.15) is 5.76 Å². The lowest BCUT2D eigenvalue weighted by molar-refractivity contribution is -0.140. The largest absolute Gasteiger partial charge is 0.507 e. The van der Waals surface area contributed by atoms with Crippen LogP contribution in [0.3, 0.4) is 0 Å². The topological polar surface area (TPSA) is 94.5 Å². The van der Waals surface area contributed by atoms with E-state index in [0.29, 0.717) is 46.4 Å². The molecule has 1 heterocycles. The average molecular weight is 476 g/mol. The van der Waals surface area contributed by atoms with Gasteiger partial charge in [0.25, 0.3) is 11.7 Å². The van der Waals surface area contributed by atoms with Crippen molar-refractivity contribution in [3.63, 3.8) is 0 Å². The van der Waals surface area contributed by atoms with Crippen molar-refractivity contribution in [2.75, 3.05) is 41.6 Å². The summed E-state index contributed by atoms with van der Waals surface area (Å²) >= 11 is 5.96. The first-order valence-electron chi connectivity index (χ1n) is 10.2. The summed E-state index contributed by atoms with van der Waals surface area (Å²) in [6.07, 6.45) is 0.505. The molecule has 1 aliphatic heterocycles. The van der Waals surface area contributed by atoms with E-state index in [1.807, 2.05) is 0 Å². The Balaban J connectivity index is 2.22. The number of benzene rings is 2. The van der Waals surface area contributed by atoms with Gasteiger partial charge in [0.15, 0.2) is 11.5 Å². The van der Waals surface area contributed by atoms with Crippen LogP contribution in [0.1, 0.15) is 23.6 Å². The Morgan fingerprint density at radius 2 is 1.61 bits per heavy atom. The summed E-state index contributed by atoms with van der Waals surface area (Å²) in [7, 11) is 6.00. The summed E-state index contributed by atoms with van der Waals surface area (Å²) in [4.78, 5) is 27.5. The highest BCUT2D eigenvalue weighted by Gasteiger charge is 2.46. The van der Waals surface area contributed by atoms with Crippen LogP contribution >= 0.6 is 11.6 Å². The molecule has 0 saturated carbocycles. The van der Waals surface area contributed by atoms with Crippen LogP contribution in [-0.2, 0) is 14.3 Å². The minimum atomic E-state index is -0.869. The smallest absolute Gasteiger partial charge is 0.295 e. The lowest BCUT2D eigenvalue weighted by Crippen LogP contribution is -2.31. The van der Waals surface area contributed by atoms with Crippen molar-refractivity contribution < 1.29 is 33.6 Å². The molecule has 2 aromatic rings. The first kappa shape index (κ1) is 24.4. The first-order chi connectivity index (χ1) is 15.9. The second-order valence-electron chi connectivity index (χ2n) is 7.30. The molecule has 176 valence electrons.